The average Bonchev–Trinajstić information content (AvgIpc) is 2.26. The Morgan fingerprint density at radius 2 is 2.35 bits per heavy atom. The van der Waals surface area contributed by atoms with Crippen molar-refractivity contribution in [2.45, 2.75) is 6.92 Å². The molecule has 0 aromatic heterocycles. The highest BCUT2D eigenvalue weighted by molar-refractivity contribution is 5.49. The second-order valence-electron chi connectivity index (χ2n) is 3.07. The minimum Gasteiger partial charge on any atom is -0.258 e. The van der Waals surface area contributed by atoms with E-state index in [-0.39, 0.29) is 23.4 Å². The summed E-state index contributed by atoms with van der Waals surface area (Å²) in [6.45, 7) is 1.33. The normalized spacial score (nSPS) is 8.82. The molecule has 86 valence electrons. The van der Waals surface area contributed by atoms with Gasteiger partial charge < -0.3 is 0 Å². The fraction of sp³-hybridized carbons (Fsp3) is 0.200. The summed E-state index contributed by atoms with van der Waals surface area (Å²) >= 11 is 0. The summed E-state index contributed by atoms with van der Waals surface area (Å²) in [5.74, 6) is 4.13. The van der Waals surface area contributed by atoms with Gasteiger partial charge >= 0.3 is 0 Å². The Kier molecular flexibility index (Phi) is 4.03. The molecule has 7 heteroatoms. The Labute approximate surface area is 95.8 Å². The van der Waals surface area contributed by atoms with E-state index < -0.39 is 10.7 Å². The molecule has 0 aliphatic carbocycles. The van der Waals surface area contributed by atoms with Crippen molar-refractivity contribution in [2.24, 2.45) is 5.11 Å². The Morgan fingerprint density at radius 1 is 1.65 bits per heavy atom. The third-order valence-electron chi connectivity index (χ3n) is 1.92. The molecule has 0 N–H and O–H groups in total. The average molecular weight is 234 g/mol. The van der Waals surface area contributed by atoms with Gasteiger partial charge in [0.15, 0.2) is 0 Å². The van der Waals surface area contributed by atoms with Gasteiger partial charge in [0, 0.05) is 16.5 Å². The van der Waals surface area contributed by atoms with Crippen molar-refractivity contribution >= 4 is 5.69 Å². The molecule has 1 aromatic carbocycles. The van der Waals surface area contributed by atoms with Gasteiger partial charge in [0.2, 0.25) is 0 Å². The van der Waals surface area contributed by atoms with Crippen LogP contribution in [0.3, 0.4) is 0 Å². The molecular weight excluding hydrogens is 227 g/mol. The van der Waals surface area contributed by atoms with E-state index >= 15 is 0 Å². The van der Waals surface area contributed by atoms with Crippen molar-refractivity contribution in [3.8, 4) is 11.8 Å². The molecule has 0 heterocycles. The van der Waals surface area contributed by atoms with E-state index in [1.807, 2.05) is 0 Å². The maximum atomic E-state index is 13.4. The molecule has 1 rings (SSSR count). The van der Waals surface area contributed by atoms with Gasteiger partial charge in [0.05, 0.1) is 17.0 Å². The van der Waals surface area contributed by atoms with Crippen LogP contribution in [0.4, 0.5) is 10.1 Å². The number of benzene rings is 1. The van der Waals surface area contributed by atoms with Gasteiger partial charge in [-0.1, -0.05) is 17.0 Å². The molecule has 0 amide bonds. The van der Waals surface area contributed by atoms with Gasteiger partial charge in [-0.3, -0.25) is 10.1 Å². The van der Waals surface area contributed by atoms with Crippen molar-refractivity contribution in [1.82, 2.24) is 0 Å². The fourth-order valence-corrected chi connectivity index (χ4v) is 1.16. The Balaban J connectivity index is 3.14. The van der Waals surface area contributed by atoms with Crippen LogP contribution in [0.2, 0.25) is 0 Å². The van der Waals surface area contributed by atoms with Crippen molar-refractivity contribution in [2.75, 3.05) is 6.54 Å². The largest absolute Gasteiger partial charge is 0.273 e. The zero-order valence-electron chi connectivity index (χ0n) is 8.85. The summed E-state index contributed by atoms with van der Waals surface area (Å²) in [5.41, 5.74) is 7.95. The van der Waals surface area contributed by atoms with Crippen LogP contribution in [0.1, 0.15) is 11.1 Å². The standard InChI is InChI=1S/C10H7FN4O2/c1-7-5-9(11)8(3-2-4-13-14-12)6-10(7)15(16)17/h5-6H,4H2,1H3. The molecule has 0 unspecified atom stereocenters. The van der Waals surface area contributed by atoms with E-state index in [0.29, 0.717) is 0 Å². The number of nitro groups is 1. The maximum Gasteiger partial charge on any atom is 0.273 e. The lowest BCUT2D eigenvalue weighted by Gasteiger charge is -1.99. The molecule has 0 radical (unpaired) electrons. The van der Waals surface area contributed by atoms with E-state index in [0.717, 1.165) is 12.1 Å². The molecule has 0 bridgehead atoms. The molecular formula is C10H7FN4O2. The van der Waals surface area contributed by atoms with Crippen LogP contribution in [0.5, 0.6) is 0 Å². The summed E-state index contributed by atoms with van der Waals surface area (Å²) < 4.78 is 13.4. The summed E-state index contributed by atoms with van der Waals surface area (Å²) in [7, 11) is 0. The molecule has 6 nitrogen and oxygen atoms in total. The minimum absolute atomic E-state index is 0.0876. The summed E-state index contributed by atoms with van der Waals surface area (Å²) in [5, 5.41) is 13.8. The molecule has 1 aromatic rings. The van der Waals surface area contributed by atoms with Gasteiger partial charge in [-0.05, 0) is 18.5 Å². The highest BCUT2D eigenvalue weighted by atomic mass is 19.1. The van der Waals surface area contributed by atoms with Gasteiger partial charge in [0.1, 0.15) is 5.82 Å². The lowest BCUT2D eigenvalue weighted by molar-refractivity contribution is -0.385. The lowest BCUT2D eigenvalue weighted by atomic mass is 10.1. The van der Waals surface area contributed by atoms with Crippen LogP contribution >= 0.6 is 0 Å². The van der Waals surface area contributed by atoms with Crippen molar-refractivity contribution < 1.29 is 9.31 Å². The minimum atomic E-state index is -0.637. The first-order valence-corrected chi connectivity index (χ1v) is 4.50. The van der Waals surface area contributed by atoms with Crippen LogP contribution < -0.4 is 0 Å². The Bertz CT molecular complexity index is 568. The molecule has 17 heavy (non-hydrogen) atoms. The first kappa shape index (κ1) is 12.5. The van der Waals surface area contributed by atoms with Crippen molar-refractivity contribution in [3.63, 3.8) is 0 Å². The quantitative estimate of drug-likeness (QED) is 0.196. The molecule has 0 aliphatic heterocycles. The summed E-state index contributed by atoms with van der Waals surface area (Å²) in [4.78, 5) is 12.5. The van der Waals surface area contributed by atoms with Gasteiger partial charge in [0.25, 0.3) is 5.69 Å². The van der Waals surface area contributed by atoms with E-state index in [2.05, 4.69) is 21.9 Å². The summed E-state index contributed by atoms with van der Waals surface area (Å²) in [6.07, 6.45) is 0. The number of hydrogen-bond donors (Lipinski definition) is 0. The van der Waals surface area contributed by atoms with Crippen LogP contribution in [0.15, 0.2) is 17.2 Å². The third kappa shape index (κ3) is 3.19. The first-order chi connectivity index (χ1) is 8.06. The van der Waals surface area contributed by atoms with E-state index in [1.165, 1.54) is 6.92 Å². The van der Waals surface area contributed by atoms with Crippen molar-refractivity contribution in [1.29, 1.82) is 0 Å². The van der Waals surface area contributed by atoms with E-state index in [4.69, 9.17) is 5.53 Å². The Morgan fingerprint density at radius 3 is 2.94 bits per heavy atom. The van der Waals surface area contributed by atoms with Crippen LogP contribution in [0.25, 0.3) is 10.4 Å². The lowest BCUT2D eigenvalue weighted by Crippen LogP contribution is -1.95. The Hall–Kier alpha value is -2.58. The third-order valence-corrected chi connectivity index (χ3v) is 1.92. The predicted molar refractivity (Wildman–Crippen MR) is 58.7 cm³/mol. The van der Waals surface area contributed by atoms with E-state index in [1.54, 1.807) is 0 Å². The molecule has 0 aliphatic rings. The monoisotopic (exact) mass is 234 g/mol. The highest BCUT2D eigenvalue weighted by Crippen LogP contribution is 2.21. The number of nitro benzene ring substituents is 1. The predicted octanol–water partition coefficient (Wildman–Crippen LogP) is 2.70. The topological polar surface area (TPSA) is 91.9 Å². The number of hydrogen-bond acceptors (Lipinski definition) is 3. The number of azide groups is 1. The SMILES string of the molecule is Cc1cc(F)c(C#CCN=[N+]=[N-])cc1[N+](=O)[O-]. The van der Waals surface area contributed by atoms with Gasteiger partial charge in [-0.2, -0.15) is 0 Å². The smallest absolute Gasteiger partial charge is 0.258 e. The second-order valence-corrected chi connectivity index (χ2v) is 3.07. The van der Waals surface area contributed by atoms with Gasteiger partial charge in [-0.15, -0.1) is 0 Å². The number of aryl methyl sites for hydroxylation is 1. The first-order valence-electron chi connectivity index (χ1n) is 4.50. The van der Waals surface area contributed by atoms with Gasteiger partial charge in [-0.25, -0.2) is 4.39 Å². The number of nitrogens with zero attached hydrogens (tertiary/aromatic N) is 4. The zero-order valence-corrected chi connectivity index (χ0v) is 8.85. The number of halogens is 1. The summed E-state index contributed by atoms with van der Waals surface area (Å²) in [6, 6.07) is 2.11. The molecule has 0 saturated carbocycles. The van der Waals surface area contributed by atoms with Crippen molar-refractivity contribution in [3.05, 3.63) is 49.6 Å². The molecule has 0 fully saturated rings. The fourth-order valence-electron chi connectivity index (χ4n) is 1.16. The van der Waals surface area contributed by atoms with Crippen LogP contribution in [0, 0.1) is 34.7 Å². The molecule has 0 saturated heterocycles. The maximum absolute atomic E-state index is 13.4. The highest BCUT2D eigenvalue weighted by Gasteiger charge is 2.14. The van der Waals surface area contributed by atoms with Crippen LogP contribution in [-0.4, -0.2) is 11.5 Å². The molecule has 0 spiro atoms. The second kappa shape index (κ2) is 5.49. The van der Waals surface area contributed by atoms with E-state index in [9.17, 15) is 14.5 Å². The molecule has 0 atom stereocenters. The van der Waals surface area contributed by atoms with Crippen LogP contribution in [-0.2, 0) is 0 Å². The number of rotatable bonds is 2. The zero-order chi connectivity index (χ0) is 12.8.